The Morgan fingerprint density at radius 3 is 2.74 bits per heavy atom. The molecule has 3 N–H and O–H groups in total. The molecule has 6 heteroatoms. The van der Waals surface area contributed by atoms with E-state index in [9.17, 15) is 19.1 Å². The first-order valence-corrected chi connectivity index (χ1v) is 6.05. The van der Waals surface area contributed by atoms with Gasteiger partial charge in [0.1, 0.15) is 5.82 Å². The lowest BCUT2D eigenvalue weighted by Gasteiger charge is -2.10. The number of amides is 2. The van der Waals surface area contributed by atoms with Crippen molar-refractivity contribution < 1.29 is 19.1 Å². The van der Waals surface area contributed by atoms with E-state index >= 15 is 0 Å². The molecule has 0 spiro atoms. The number of anilines is 1. The number of benzene rings is 1. The monoisotopic (exact) mass is 268 g/mol. The number of aliphatic hydroxyl groups is 1. The molecular weight excluding hydrogens is 251 g/mol. The summed E-state index contributed by atoms with van der Waals surface area (Å²) in [4.78, 5) is 22.9. The Labute approximate surface area is 110 Å². The first-order chi connectivity index (χ1) is 9.02. The lowest BCUT2D eigenvalue weighted by molar-refractivity contribution is -0.136. The smallest absolute Gasteiger partial charge is 0.313 e. The minimum absolute atomic E-state index is 0.0171. The summed E-state index contributed by atoms with van der Waals surface area (Å²) in [6.07, 6.45) is 0.661. The molecule has 0 heterocycles. The van der Waals surface area contributed by atoms with Crippen LogP contribution in [0.2, 0.25) is 0 Å². The number of rotatable bonds is 5. The van der Waals surface area contributed by atoms with Crippen LogP contribution >= 0.6 is 0 Å². The maximum absolute atomic E-state index is 12.9. The second-order valence-corrected chi connectivity index (χ2v) is 4.12. The number of hydrogen-bond donors (Lipinski definition) is 3. The van der Waals surface area contributed by atoms with Gasteiger partial charge in [-0.1, -0.05) is 19.4 Å². The van der Waals surface area contributed by atoms with E-state index in [-0.39, 0.29) is 12.2 Å². The van der Waals surface area contributed by atoms with Crippen LogP contribution in [0.3, 0.4) is 0 Å². The van der Waals surface area contributed by atoms with Crippen molar-refractivity contribution in [3.63, 3.8) is 0 Å². The van der Waals surface area contributed by atoms with Gasteiger partial charge >= 0.3 is 11.8 Å². The third-order valence-corrected chi connectivity index (χ3v) is 2.41. The van der Waals surface area contributed by atoms with Crippen molar-refractivity contribution in [3.05, 3.63) is 30.1 Å². The van der Waals surface area contributed by atoms with Gasteiger partial charge in [0.2, 0.25) is 0 Å². The van der Waals surface area contributed by atoms with Crippen LogP contribution < -0.4 is 10.6 Å². The quantitative estimate of drug-likeness (QED) is 0.698. The Hall–Kier alpha value is -1.95. The Balaban J connectivity index is 2.43. The lowest BCUT2D eigenvalue weighted by atomic mass is 10.2. The second kappa shape index (κ2) is 7.48. The van der Waals surface area contributed by atoms with Gasteiger partial charge < -0.3 is 15.7 Å². The third kappa shape index (κ3) is 5.48. The largest absolute Gasteiger partial charge is 0.391 e. The predicted octanol–water partition coefficient (Wildman–Crippen LogP) is 1.04. The molecule has 0 saturated carbocycles. The van der Waals surface area contributed by atoms with Crippen LogP contribution in [-0.2, 0) is 9.59 Å². The zero-order valence-corrected chi connectivity index (χ0v) is 10.6. The van der Waals surface area contributed by atoms with Crippen LogP contribution in [0, 0.1) is 5.82 Å². The fraction of sp³-hybridized carbons (Fsp3) is 0.385. The Morgan fingerprint density at radius 1 is 1.37 bits per heavy atom. The molecule has 0 aliphatic heterocycles. The number of hydrogen-bond acceptors (Lipinski definition) is 3. The third-order valence-electron chi connectivity index (χ3n) is 2.41. The van der Waals surface area contributed by atoms with Crippen LogP contribution in [-0.4, -0.2) is 29.6 Å². The fourth-order valence-electron chi connectivity index (χ4n) is 1.48. The van der Waals surface area contributed by atoms with E-state index in [1.54, 1.807) is 0 Å². The number of carbonyl (C=O) groups is 2. The molecule has 0 radical (unpaired) electrons. The molecule has 0 aliphatic rings. The van der Waals surface area contributed by atoms with Crippen molar-refractivity contribution in [1.82, 2.24) is 5.32 Å². The summed E-state index contributed by atoms with van der Waals surface area (Å²) in [5.74, 6) is -2.26. The molecule has 2 amide bonds. The van der Waals surface area contributed by atoms with Crippen LogP contribution in [0.25, 0.3) is 0 Å². The molecule has 0 bridgehead atoms. The van der Waals surface area contributed by atoms with Crippen LogP contribution in [0.1, 0.15) is 19.8 Å². The number of carbonyl (C=O) groups excluding carboxylic acids is 2. The highest BCUT2D eigenvalue weighted by Crippen LogP contribution is 2.08. The molecule has 1 aromatic carbocycles. The predicted molar refractivity (Wildman–Crippen MR) is 69.0 cm³/mol. The van der Waals surface area contributed by atoms with Crippen molar-refractivity contribution >= 4 is 17.5 Å². The maximum atomic E-state index is 12.9. The van der Waals surface area contributed by atoms with E-state index in [2.05, 4.69) is 10.6 Å². The highest BCUT2D eigenvalue weighted by atomic mass is 19.1. The van der Waals surface area contributed by atoms with E-state index in [1.165, 1.54) is 18.2 Å². The van der Waals surface area contributed by atoms with E-state index in [4.69, 9.17) is 0 Å². The zero-order chi connectivity index (χ0) is 14.3. The Morgan fingerprint density at radius 2 is 2.11 bits per heavy atom. The van der Waals surface area contributed by atoms with Gasteiger partial charge in [-0.25, -0.2) is 4.39 Å². The van der Waals surface area contributed by atoms with Gasteiger partial charge in [-0.3, -0.25) is 9.59 Å². The molecule has 0 saturated heterocycles. The van der Waals surface area contributed by atoms with Gasteiger partial charge in [0, 0.05) is 12.2 Å². The number of aliphatic hydroxyl groups excluding tert-OH is 1. The maximum Gasteiger partial charge on any atom is 0.313 e. The summed E-state index contributed by atoms with van der Waals surface area (Å²) < 4.78 is 12.9. The Kier molecular flexibility index (Phi) is 5.95. The number of nitrogens with one attached hydrogen (secondary N) is 2. The van der Waals surface area contributed by atoms with Crippen LogP contribution in [0.15, 0.2) is 24.3 Å². The standard InChI is InChI=1S/C13H17FN2O3/c1-2-4-11(17)8-15-12(18)13(19)16-10-6-3-5-9(14)7-10/h3,5-7,11,17H,2,4,8H2,1H3,(H,15,18)(H,16,19). The average Bonchev–Trinajstić information content (AvgIpc) is 2.36. The summed E-state index contributed by atoms with van der Waals surface area (Å²) in [6, 6.07) is 5.24. The normalized spacial score (nSPS) is 11.7. The average molecular weight is 268 g/mol. The summed E-state index contributed by atoms with van der Waals surface area (Å²) in [5.41, 5.74) is 0.203. The molecule has 0 aliphatic carbocycles. The summed E-state index contributed by atoms with van der Waals surface area (Å²) in [7, 11) is 0. The molecule has 1 aromatic rings. The second-order valence-electron chi connectivity index (χ2n) is 4.12. The van der Waals surface area contributed by atoms with Crippen molar-refractivity contribution in [2.45, 2.75) is 25.9 Å². The van der Waals surface area contributed by atoms with Crippen molar-refractivity contribution in [2.24, 2.45) is 0 Å². The molecule has 0 fully saturated rings. The minimum Gasteiger partial charge on any atom is -0.391 e. The molecule has 104 valence electrons. The molecular formula is C13H17FN2O3. The molecule has 5 nitrogen and oxygen atoms in total. The van der Waals surface area contributed by atoms with Gasteiger partial charge in [-0.15, -0.1) is 0 Å². The van der Waals surface area contributed by atoms with Gasteiger partial charge in [-0.05, 0) is 24.6 Å². The van der Waals surface area contributed by atoms with E-state index < -0.39 is 23.7 Å². The van der Waals surface area contributed by atoms with Gasteiger partial charge in [0.25, 0.3) is 0 Å². The first-order valence-electron chi connectivity index (χ1n) is 6.05. The van der Waals surface area contributed by atoms with Crippen molar-refractivity contribution in [1.29, 1.82) is 0 Å². The topological polar surface area (TPSA) is 78.4 Å². The van der Waals surface area contributed by atoms with Gasteiger partial charge in [-0.2, -0.15) is 0 Å². The first kappa shape index (κ1) is 15.1. The lowest BCUT2D eigenvalue weighted by Crippen LogP contribution is -2.39. The zero-order valence-electron chi connectivity index (χ0n) is 10.6. The molecule has 0 aromatic heterocycles. The van der Waals surface area contributed by atoms with Crippen molar-refractivity contribution in [2.75, 3.05) is 11.9 Å². The summed E-state index contributed by atoms with van der Waals surface area (Å²) >= 11 is 0. The molecule has 19 heavy (non-hydrogen) atoms. The van der Waals surface area contributed by atoms with Gasteiger partial charge in [0.05, 0.1) is 6.10 Å². The molecule has 1 atom stereocenters. The molecule has 1 unspecified atom stereocenters. The number of halogens is 1. The minimum atomic E-state index is -0.894. The van der Waals surface area contributed by atoms with Crippen molar-refractivity contribution in [3.8, 4) is 0 Å². The highest BCUT2D eigenvalue weighted by Gasteiger charge is 2.14. The fourth-order valence-corrected chi connectivity index (χ4v) is 1.48. The summed E-state index contributed by atoms with van der Waals surface area (Å²) in [6.45, 7) is 1.92. The highest BCUT2D eigenvalue weighted by molar-refractivity contribution is 6.39. The molecule has 1 rings (SSSR count). The Bertz CT molecular complexity index is 451. The van der Waals surface area contributed by atoms with Crippen LogP contribution in [0.4, 0.5) is 10.1 Å². The van der Waals surface area contributed by atoms with Crippen LogP contribution in [0.5, 0.6) is 0 Å². The SMILES string of the molecule is CCCC(O)CNC(=O)C(=O)Nc1cccc(F)c1. The van der Waals surface area contributed by atoms with E-state index in [0.29, 0.717) is 6.42 Å². The van der Waals surface area contributed by atoms with Gasteiger partial charge in [0.15, 0.2) is 0 Å². The summed E-state index contributed by atoms with van der Waals surface area (Å²) in [5, 5.41) is 14.0. The van der Waals surface area contributed by atoms with E-state index in [0.717, 1.165) is 12.5 Å². The van der Waals surface area contributed by atoms with E-state index in [1.807, 2.05) is 6.92 Å².